The van der Waals surface area contributed by atoms with Crippen LogP contribution in [0.25, 0.3) is 11.5 Å². The number of carbonyl (C=O) groups is 2. The molecule has 0 bridgehead atoms. The third kappa shape index (κ3) is 7.92. The van der Waals surface area contributed by atoms with Crippen LogP contribution < -0.4 is 10.6 Å². The third-order valence-corrected chi connectivity index (χ3v) is 5.32. The lowest BCUT2D eigenvalue weighted by Crippen LogP contribution is -2.33. The second kappa shape index (κ2) is 12.7. The number of hydrogen-bond donors (Lipinski definition) is 2. The first-order chi connectivity index (χ1) is 16.8. The molecule has 1 aromatic heterocycles. The maximum Gasteiger partial charge on any atom is 0.321 e. The van der Waals surface area contributed by atoms with Crippen molar-refractivity contribution in [3.05, 3.63) is 65.5 Å². The van der Waals surface area contributed by atoms with Gasteiger partial charge in [-0.05, 0) is 63.1 Å². The zero-order valence-corrected chi connectivity index (χ0v) is 20.7. The molecule has 0 aliphatic carbocycles. The minimum Gasteiger partial charge on any atom is -0.379 e. The van der Waals surface area contributed by atoms with Crippen molar-refractivity contribution < 1.29 is 18.8 Å². The Morgan fingerprint density at radius 2 is 1.86 bits per heavy atom. The van der Waals surface area contributed by atoms with Crippen molar-refractivity contribution in [2.75, 3.05) is 32.1 Å². The summed E-state index contributed by atoms with van der Waals surface area (Å²) in [5, 5.41) is 9.80. The number of carbonyl (C=O) groups excluding carboxylic acids is 2. The predicted octanol–water partition coefficient (Wildman–Crippen LogP) is 4.30. The fourth-order valence-electron chi connectivity index (χ4n) is 3.23. The molecule has 9 heteroatoms. The average Bonchev–Trinajstić information content (AvgIpc) is 3.32. The van der Waals surface area contributed by atoms with Crippen molar-refractivity contribution in [1.29, 1.82) is 0 Å². The lowest BCUT2D eigenvalue weighted by molar-refractivity contribution is 0.0757. The van der Waals surface area contributed by atoms with Crippen LogP contribution >= 0.6 is 0 Å². The summed E-state index contributed by atoms with van der Waals surface area (Å²) in [5.41, 5.74) is 3.05. The van der Waals surface area contributed by atoms with Gasteiger partial charge in [0.2, 0.25) is 0 Å². The summed E-state index contributed by atoms with van der Waals surface area (Å²) in [6, 6.07) is 14.4. The quantitative estimate of drug-likeness (QED) is 0.397. The van der Waals surface area contributed by atoms with E-state index in [1.807, 2.05) is 45.0 Å². The standard InChI is InChI=1S/C26H33N5O4/c1-18(2)34-17-7-15-27-24(32)20-10-12-21(13-11-20)25-29-23(30-35-25)14-16-31(4)26(33)28-22-9-6-5-8-19(22)3/h5-6,8-13,18H,7,14-17H2,1-4H3,(H,27,32)(H,28,33). The molecule has 0 saturated heterocycles. The van der Waals surface area contributed by atoms with Gasteiger partial charge >= 0.3 is 6.03 Å². The van der Waals surface area contributed by atoms with E-state index in [1.165, 1.54) is 0 Å². The minimum atomic E-state index is -0.204. The maximum atomic E-state index is 12.4. The molecular weight excluding hydrogens is 446 g/mol. The van der Waals surface area contributed by atoms with Crippen molar-refractivity contribution in [3.63, 3.8) is 0 Å². The topological polar surface area (TPSA) is 110 Å². The van der Waals surface area contributed by atoms with Gasteiger partial charge < -0.3 is 24.8 Å². The maximum absolute atomic E-state index is 12.4. The number of ether oxygens (including phenoxy) is 1. The van der Waals surface area contributed by atoms with Crippen LogP contribution in [0.3, 0.4) is 0 Å². The number of aryl methyl sites for hydroxylation is 1. The summed E-state index contributed by atoms with van der Waals surface area (Å²) in [5.74, 6) is 0.727. The number of aromatic nitrogens is 2. The second-order valence-electron chi connectivity index (χ2n) is 8.54. The van der Waals surface area contributed by atoms with Crippen LogP contribution in [-0.2, 0) is 11.2 Å². The Kier molecular flexibility index (Phi) is 9.37. The number of hydrogen-bond acceptors (Lipinski definition) is 6. The SMILES string of the molecule is Cc1ccccc1NC(=O)N(C)CCc1noc(-c2ccc(C(=O)NCCCOC(C)C)cc2)n1. The smallest absolute Gasteiger partial charge is 0.321 e. The highest BCUT2D eigenvalue weighted by molar-refractivity contribution is 5.94. The van der Waals surface area contributed by atoms with E-state index in [-0.39, 0.29) is 18.0 Å². The van der Waals surface area contributed by atoms with Crippen LogP contribution in [0, 0.1) is 6.92 Å². The Balaban J connectivity index is 1.47. The Morgan fingerprint density at radius 3 is 2.57 bits per heavy atom. The van der Waals surface area contributed by atoms with Crippen LogP contribution in [0.2, 0.25) is 0 Å². The van der Waals surface area contributed by atoms with Crippen LogP contribution in [0.15, 0.2) is 53.1 Å². The summed E-state index contributed by atoms with van der Waals surface area (Å²) >= 11 is 0. The Bertz CT molecular complexity index is 1110. The molecule has 3 amide bonds. The molecular formula is C26H33N5O4. The first-order valence-corrected chi connectivity index (χ1v) is 11.7. The molecule has 0 saturated carbocycles. The van der Waals surface area contributed by atoms with Gasteiger partial charge in [-0.25, -0.2) is 4.79 Å². The van der Waals surface area contributed by atoms with E-state index in [0.29, 0.717) is 43.4 Å². The van der Waals surface area contributed by atoms with Gasteiger partial charge in [-0.15, -0.1) is 0 Å². The fourth-order valence-corrected chi connectivity index (χ4v) is 3.23. The van der Waals surface area contributed by atoms with Crippen LogP contribution in [0.1, 0.15) is 42.0 Å². The van der Waals surface area contributed by atoms with Crippen molar-refractivity contribution >= 4 is 17.6 Å². The first-order valence-electron chi connectivity index (χ1n) is 11.7. The van der Waals surface area contributed by atoms with Crippen LogP contribution in [0.5, 0.6) is 0 Å². The van der Waals surface area contributed by atoms with Crippen LogP contribution in [0.4, 0.5) is 10.5 Å². The number of nitrogens with one attached hydrogen (secondary N) is 2. The first kappa shape index (κ1) is 25.9. The molecule has 2 N–H and O–H groups in total. The van der Waals surface area contributed by atoms with Gasteiger partial charge in [0.1, 0.15) is 0 Å². The highest BCUT2D eigenvalue weighted by Gasteiger charge is 2.14. The van der Waals surface area contributed by atoms with Crippen LogP contribution in [-0.4, -0.2) is 59.8 Å². The van der Waals surface area contributed by atoms with Gasteiger partial charge in [-0.2, -0.15) is 4.98 Å². The zero-order valence-electron chi connectivity index (χ0n) is 20.7. The second-order valence-corrected chi connectivity index (χ2v) is 8.54. The summed E-state index contributed by atoms with van der Waals surface area (Å²) in [6.07, 6.45) is 1.39. The zero-order chi connectivity index (χ0) is 25.2. The number of para-hydroxylation sites is 1. The van der Waals surface area contributed by atoms with Crippen molar-refractivity contribution in [3.8, 4) is 11.5 Å². The number of likely N-dealkylation sites (N-methyl/N-ethyl adjacent to an activating group) is 1. The van der Waals surface area contributed by atoms with E-state index >= 15 is 0 Å². The van der Waals surface area contributed by atoms with Crippen molar-refractivity contribution in [1.82, 2.24) is 20.4 Å². The number of urea groups is 1. The third-order valence-electron chi connectivity index (χ3n) is 5.32. The largest absolute Gasteiger partial charge is 0.379 e. The number of rotatable bonds is 11. The molecule has 0 spiro atoms. The van der Waals surface area contributed by atoms with Crippen molar-refractivity contribution in [2.45, 2.75) is 39.7 Å². The Hall–Kier alpha value is -3.72. The molecule has 3 aromatic rings. The minimum absolute atomic E-state index is 0.140. The highest BCUT2D eigenvalue weighted by atomic mass is 16.5. The summed E-state index contributed by atoms with van der Waals surface area (Å²) in [6.45, 7) is 7.51. The normalized spacial score (nSPS) is 10.9. The average molecular weight is 480 g/mol. The molecule has 0 aliphatic rings. The van der Waals surface area contributed by atoms with Crippen molar-refractivity contribution in [2.24, 2.45) is 0 Å². The number of nitrogens with zero attached hydrogens (tertiary/aromatic N) is 3. The van der Waals surface area contributed by atoms with Gasteiger partial charge in [0.15, 0.2) is 5.82 Å². The monoisotopic (exact) mass is 479 g/mol. The van der Waals surface area contributed by atoms with Gasteiger partial charge in [-0.1, -0.05) is 23.4 Å². The lowest BCUT2D eigenvalue weighted by atomic mass is 10.1. The molecule has 0 atom stereocenters. The van der Waals surface area contributed by atoms with E-state index in [2.05, 4.69) is 20.8 Å². The molecule has 1 heterocycles. The summed E-state index contributed by atoms with van der Waals surface area (Å²) in [7, 11) is 1.72. The number of anilines is 1. The molecule has 0 unspecified atom stereocenters. The van der Waals surface area contributed by atoms with Gasteiger partial charge in [0.25, 0.3) is 11.8 Å². The molecule has 2 aromatic carbocycles. The van der Waals surface area contributed by atoms with Gasteiger partial charge in [0, 0.05) is 50.0 Å². The molecule has 3 rings (SSSR count). The van der Waals surface area contributed by atoms with Gasteiger partial charge in [-0.3, -0.25) is 4.79 Å². The molecule has 9 nitrogen and oxygen atoms in total. The molecule has 35 heavy (non-hydrogen) atoms. The number of amides is 3. The predicted molar refractivity (Wildman–Crippen MR) is 134 cm³/mol. The summed E-state index contributed by atoms with van der Waals surface area (Å²) < 4.78 is 10.8. The Morgan fingerprint density at radius 1 is 1.11 bits per heavy atom. The Labute approximate surface area is 205 Å². The van der Waals surface area contributed by atoms with E-state index in [9.17, 15) is 9.59 Å². The van der Waals surface area contributed by atoms with Gasteiger partial charge in [0.05, 0.1) is 6.10 Å². The van der Waals surface area contributed by atoms with E-state index in [1.54, 1.807) is 36.2 Å². The van der Waals surface area contributed by atoms with E-state index in [4.69, 9.17) is 9.26 Å². The van der Waals surface area contributed by atoms with E-state index < -0.39 is 0 Å². The fraction of sp³-hybridized carbons (Fsp3) is 0.385. The molecule has 0 fully saturated rings. The summed E-state index contributed by atoms with van der Waals surface area (Å²) in [4.78, 5) is 30.7. The molecule has 0 aliphatic heterocycles. The van der Waals surface area contributed by atoms with E-state index in [0.717, 1.165) is 23.2 Å². The molecule has 0 radical (unpaired) electrons. The lowest BCUT2D eigenvalue weighted by Gasteiger charge is -2.18. The number of benzene rings is 2. The molecule has 186 valence electrons. The highest BCUT2D eigenvalue weighted by Crippen LogP contribution is 2.18.